The number of imidazole rings is 1. The normalized spacial score (nSPS) is 13.0. The van der Waals surface area contributed by atoms with E-state index in [0.29, 0.717) is 33.4 Å². The molecule has 0 atom stereocenters. The van der Waals surface area contributed by atoms with Crippen LogP contribution in [0.15, 0.2) is 63.0 Å². The van der Waals surface area contributed by atoms with Gasteiger partial charge in [0.2, 0.25) is 5.89 Å². The zero-order valence-electron chi connectivity index (χ0n) is 18.2. The number of hydrogen-bond acceptors (Lipinski definition) is 5. The van der Waals surface area contributed by atoms with Crippen LogP contribution in [-0.4, -0.2) is 20.2 Å². The number of rotatable bonds is 6. The second kappa shape index (κ2) is 9.18. The molecular weight excluding hydrogens is 445 g/mol. The molecule has 0 fully saturated rings. The van der Waals surface area contributed by atoms with Gasteiger partial charge in [-0.25, -0.2) is 4.98 Å². The Morgan fingerprint density at radius 2 is 1.94 bits per heavy atom. The summed E-state index contributed by atoms with van der Waals surface area (Å²) in [6, 6.07) is 14.0. The lowest BCUT2D eigenvalue weighted by molar-refractivity contribution is 0.588. The Balaban J connectivity index is 1.64. The number of fused-ring (bicyclic) bond motifs is 1. The molecule has 32 heavy (non-hydrogen) atoms. The molecule has 4 aromatic rings. The molecule has 0 aliphatic carbocycles. The molecule has 0 aliphatic rings. The maximum atomic E-state index is 6.52. The molecule has 2 aromatic heterocycles. The number of aryl methyl sites for hydroxylation is 1. The van der Waals surface area contributed by atoms with Crippen molar-refractivity contribution in [2.75, 3.05) is 5.32 Å². The molecule has 0 radical (unpaired) electrons. The van der Waals surface area contributed by atoms with Gasteiger partial charge >= 0.3 is 6.01 Å². The van der Waals surface area contributed by atoms with Gasteiger partial charge in [-0.05, 0) is 55.7 Å². The van der Waals surface area contributed by atoms with Gasteiger partial charge in [-0.2, -0.15) is 0 Å². The van der Waals surface area contributed by atoms with E-state index in [0.717, 1.165) is 27.8 Å². The molecular formula is C24H23Cl2N5O. The minimum absolute atomic E-state index is 0.282. The predicted octanol–water partition coefficient (Wildman–Crippen LogP) is 7.41. The molecule has 8 heteroatoms. The van der Waals surface area contributed by atoms with Crippen LogP contribution in [0, 0.1) is 12.8 Å². The van der Waals surface area contributed by atoms with Crippen molar-refractivity contribution in [3.05, 3.63) is 70.0 Å². The van der Waals surface area contributed by atoms with Crippen molar-refractivity contribution < 1.29 is 4.42 Å². The van der Waals surface area contributed by atoms with Gasteiger partial charge in [-0.15, -0.1) is 5.10 Å². The van der Waals surface area contributed by atoms with Crippen LogP contribution >= 0.6 is 23.2 Å². The Morgan fingerprint density at radius 1 is 1.12 bits per heavy atom. The lowest BCUT2D eigenvalue weighted by atomic mass is 10.1. The molecule has 2 N–H and O–H groups in total. The van der Waals surface area contributed by atoms with E-state index in [9.17, 15) is 0 Å². The fourth-order valence-electron chi connectivity index (χ4n) is 3.31. The number of aromatic nitrogens is 4. The molecule has 0 amide bonds. The summed E-state index contributed by atoms with van der Waals surface area (Å²) in [4.78, 5) is 7.97. The smallest absolute Gasteiger partial charge is 0.320 e. The highest BCUT2D eigenvalue weighted by molar-refractivity contribution is 6.41. The van der Waals surface area contributed by atoms with Gasteiger partial charge in [-0.1, -0.05) is 60.4 Å². The summed E-state index contributed by atoms with van der Waals surface area (Å²) in [5, 5.41) is 12.5. The summed E-state index contributed by atoms with van der Waals surface area (Å²) in [6.07, 6.45) is 1.95. The topological polar surface area (TPSA) is 79.6 Å². The predicted molar refractivity (Wildman–Crippen MR) is 131 cm³/mol. The summed E-state index contributed by atoms with van der Waals surface area (Å²) in [5.74, 6) is 1.30. The van der Waals surface area contributed by atoms with Crippen LogP contribution in [0.25, 0.3) is 28.1 Å². The Hall–Kier alpha value is -3.09. The van der Waals surface area contributed by atoms with Crippen LogP contribution in [0.3, 0.4) is 0 Å². The molecule has 0 bridgehead atoms. The first kappa shape index (κ1) is 22.1. The Bertz CT molecular complexity index is 1330. The number of benzene rings is 2. The van der Waals surface area contributed by atoms with Gasteiger partial charge in [0, 0.05) is 26.9 Å². The van der Waals surface area contributed by atoms with Crippen LogP contribution in [-0.2, 0) is 0 Å². The third-order valence-corrected chi connectivity index (χ3v) is 5.23. The second-order valence-corrected chi connectivity index (χ2v) is 8.87. The number of nitrogens with zero attached hydrogens (tertiary/aromatic N) is 3. The van der Waals surface area contributed by atoms with Crippen molar-refractivity contribution >= 4 is 51.5 Å². The van der Waals surface area contributed by atoms with Crippen molar-refractivity contribution in [2.24, 2.45) is 5.92 Å². The Morgan fingerprint density at radius 3 is 2.66 bits per heavy atom. The van der Waals surface area contributed by atoms with Gasteiger partial charge in [-0.3, -0.25) is 0 Å². The fourth-order valence-corrected chi connectivity index (χ4v) is 4.04. The molecule has 164 valence electrons. The minimum Gasteiger partial charge on any atom is -0.403 e. The number of hydrogen-bond donors (Lipinski definition) is 2. The zero-order chi connectivity index (χ0) is 22.8. The third kappa shape index (κ3) is 4.87. The van der Waals surface area contributed by atoms with Gasteiger partial charge in [0.1, 0.15) is 5.82 Å². The maximum Gasteiger partial charge on any atom is 0.320 e. The van der Waals surface area contributed by atoms with Crippen LogP contribution < -0.4 is 5.32 Å². The average molecular weight is 468 g/mol. The summed E-state index contributed by atoms with van der Waals surface area (Å²) in [7, 11) is 0. The molecule has 2 heterocycles. The molecule has 0 saturated carbocycles. The molecule has 0 aliphatic heterocycles. The van der Waals surface area contributed by atoms with Gasteiger partial charge < -0.3 is 14.7 Å². The zero-order valence-corrected chi connectivity index (χ0v) is 19.7. The number of nitrogens with one attached hydrogen (secondary N) is 2. The van der Waals surface area contributed by atoms with E-state index in [1.807, 2.05) is 55.5 Å². The van der Waals surface area contributed by atoms with E-state index in [1.54, 1.807) is 6.92 Å². The van der Waals surface area contributed by atoms with Gasteiger partial charge in [0.25, 0.3) is 0 Å². The van der Waals surface area contributed by atoms with Crippen LogP contribution in [0.1, 0.15) is 32.2 Å². The van der Waals surface area contributed by atoms with Crippen molar-refractivity contribution in [1.82, 2.24) is 20.2 Å². The first-order valence-electron chi connectivity index (χ1n) is 10.2. The standard InChI is InChI=1S/C24H23Cl2N5O/c1-13(2)10-18(26)21(15(4)25)22-28-19-9-8-16(12-20(19)29-22)23-30-31-24(32-23)27-17-7-5-6-14(3)11-17/h5-13H,1-4H3,(H,27,31)(H,28,29)/b18-10+,21-15-. The van der Waals surface area contributed by atoms with Crippen LogP contribution in [0.2, 0.25) is 0 Å². The maximum absolute atomic E-state index is 6.52. The number of allylic oxidation sites excluding steroid dienone is 4. The molecule has 0 spiro atoms. The van der Waals surface area contributed by atoms with Gasteiger partial charge in [0.05, 0.1) is 11.0 Å². The Kier molecular flexibility index (Phi) is 6.35. The minimum atomic E-state index is 0.282. The monoisotopic (exact) mass is 467 g/mol. The number of aromatic amines is 1. The molecule has 6 nitrogen and oxygen atoms in total. The van der Waals surface area contributed by atoms with E-state index in [1.165, 1.54) is 0 Å². The second-order valence-electron chi connectivity index (χ2n) is 7.89. The molecule has 0 unspecified atom stereocenters. The summed E-state index contributed by atoms with van der Waals surface area (Å²) in [6.45, 7) is 7.94. The number of H-pyrrole nitrogens is 1. The van der Waals surface area contributed by atoms with E-state index in [-0.39, 0.29) is 5.92 Å². The summed E-state index contributed by atoms with van der Waals surface area (Å²) >= 11 is 12.9. The summed E-state index contributed by atoms with van der Waals surface area (Å²) in [5.41, 5.74) is 5.07. The largest absolute Gasteiger partial charge is 0.403 e. The van der Waals surface area contributed by atoms with Crippen LogP contribution in [0.4, 0.5) is 11.7 Å². The highest BCUT2D eigenvalue weighted by Gasteiger charge is 2.16. The average Bonchev–Trinajstić information content (AvgIpc) is 3.33. The third-order valence-electron chi connectivity index (χ3n) is 4.72. The van der Waals surface area contributed by atoms with Crippen molar-refractivity contribution in [3.8, 4) is 11.5 Å². The SMILES string of the molecule is C/C(Cl)=C(\C(Cl)=C/C(C)C)c1nc2ccc(-c3nnc(Nc4cccc(C)c4)o3)cc2[nH]1. The first-order valence-corrected chi connectivity index (χ1v) is 11.0. The quantitative estimate of drug-likeness (QED) is 0.288. The fraction of sp³-hybridized carbons (Fsp3) is 0.208. The molecule has 0 saturated heterocycles. The lowest BCUT2D eigenvalue weighted by Gasteiger charge is -2.06. The lowest BCUT2D eigenvalue weighted by Crippen LogP contribution is -1.92. The van der Waals surface area contributed by atoms with E-state index < -0.39 is 0 Å². The van der Waals surface area contributed by atoms with E-state index in [2.05, 4.69) is 39.3 Å². The molecule has 4 rings (SSSR count). The van der Waals surface area contributed by atoms with Crippen molar-refractivity contribution in [3.63, 3.8) is 0 Å². The highest BCUT2D eigenvalue weighted by atomic mass is 35.5. The summed E-state index contributed by atoms with van der Waals surface area (Å²) < 4.78 is 5.81. The Labute approximate surface area is 196 Å². The van der Waals surface area contributed by atoms with E-state index in [4.69, 9.17) is 27.6 Å². The van der Waals surface area contributed by atoms with E-state index >= 15 is 0 Å². The van der Waals surface area contributed by atoms with Crippen molar-refractivity contribution in [1.29, 1.82) is 0 Å². The van der Waals surface area contributed by atoms with Crippen molar-refractivity contribution in [2.45, 2.75) is 27.7 Å². The highest BCUT2D eigenvalue weighted by Crippen LogP contribution is 2.32. The van der Waals surface area contributed by atoms with Gasteiger partial charge in [0.15, 0.2) is 0 Å². The number of halogens is 2. The van der Waals surface area contributed by atoms with Crippen LogP contribution in [0.5, 0.6) is 0 Å². The first-order chi connectivity index (χ1) is 15.3. The molecule has 2 aromatic carbocycles. The number of anilines is 2.